The molecule has 0 atom stereocenters. The summed E-state index contributed by atoms with van der Waals surface area (Å²) in [4.78, 5) is 15.5. The number of pyridine rings is 1. The number of aromatic nitrogens is 3. The zero-order chi connectivity index (χ0) is 40.1. The first-order valence-electron chi connectivity index (χ1n) is 20.6. The minimum Gasteiger partial charge on any atom is -0.457 e. The number of fused-ring (bicyclic) bond motifs is 14. The number of ether oxygens (including phenoxy) is 1. The van der Waals surface area contributed by atoms with Gasteiger partial charge in [-0.25, -0.2) is 9.97 Å². The summed E-state index contributed by atoms with van der Waals surface area (Å²) in [5.41, 5.74) is 14.8. The third-order valence-electron chi connectivity index (χ3n) is 12.6. The van der Waals surface area contributed by atoms with Crippen molar-refractivity contribution in [2.45, 2.75) is 5.41 Å². The van der Waals surface area contributed by atoms with Crippen LogP contribution in [-0.2, 0) is 5.41 Å². The molecule has 1 aliphatic heterocycles. The van der Waals surface area contributed by atoms with E-state index in [0.29, 0.717) is 5.82 Å². The molecular formula is C56H33N3OS. The molecule has 1 aliphatic carbocycles. The van der Waals surface area contributed by atoms with Crippen LogP contribution in [0.5, 0.6) is 11.5 Å². The van der Waals surface area contributed by atoms with Gasteiger partial charge >= 0.3 is 0 Å². The van der Waals surface area contributed by atoms with Gasteiger partial charge in [-0.15, -0.1) is 11.3 Å². The quantitative estimate of drug-likeness (QED) is 0.178. The molecule has 3 aromatic heterocycles. The Morgan fingerprint density at radius 2 is 1.15 bits per heavy atom. The van der Waals surface area contributed by atoms with Crippen LogP contribution in [0, 0.1) is 0 Å². The largest absolute Gasteiger partial charge is 0.457 e. The van der Waals surface area contributed by atoms with Crippen molar-refractivity contribution in [2.75, 3.05) is 0 Å². The first-order valence-corrected chi connectivity index (χ1v) is 21.4. The molecule has 0 fully saturated rings. The van der Waals surface area contributed by atoms with Crippen molar-refractivity contribution in [2.24, 2.45) is 0 Å². The second-order valence-corrected chi connectivity index (χ2v) is 16.9. The van der Waals surface area contributed by atoms with Crippen LogP contribution in [0.1, 0.15) is 22.3 Å². The van der Waals surface area contributed by atoms with Gasteiger partial charge in [0.25, 0.3) is 0 Å². The molecule has 0 radical (unpaired) electrons. The predicted molar refractivity (Wildman–Crippen MR) is 249 cm³/mol. The highest BCUT2D eigenvalue weighted by Gasteiger charge is 2.51. The van der Waals surface area contributed by atoms with Gasteiger partial charge < -0.3 is 4.74 Å². The molecule has 0 amide bonds. The van der Waals surface area contributed by atoms with Gasteiger partial charge in [0.15, 0.2) is 5.82 Å². The van der Waals surface area contributed by atoms with Gasteiger partial charge in [0, 0.05) is 50.3 Å². The second-order valence-electron chi connectivity index (χ2n) is 15.9. The number of para-hydroxylation sites is 2. The Balaban J connectivity index is 1.11. The third-order valence-corrected chi connectivity index (χ3v) is 13.8. The lowest BCUT2D eigenvalue weighted by Gasteiger charge is -2.39. The van der Waals surface area contributed by atoms with Crippen molar-refractivity contribution in [3.05, 3.63) is 223 Å². The van der Waals surface area contributed by atoms with E-state index in [2.05, 4.69) is 187 Å². The van der Waals surface area contributed by atoms with Gasteiger partial charge in [-0.05, 0) is 98.2 Å². The Labute approximate surface area is 356 Å². The van der Waals surface area contributed by atoms with Crippen LogP contribution in [0.2, 0.25) is 0 Å². The summed E-state index contributed by atoms with van der Waals surface area (Å²) in [6.45, 7) is 0. The average molecular weight is 796 g/mol. The summed E-state index contributed by atoms with van der Waals surface area (Å²) in [5, 5.41) is 3.59. The highest BCUT2D eigenvalue weighted by atomic mass is 32.1. The molecule has 5 heteroatoms. The molecule has 8 aromatic carbocycles. The van der Waals surface area contributed by atoms with E-state index in [1.807, 2.05) is 18.5 Å². The summed E-state index contributed by atoms with van der Waals surface area (Å²) in [6.07, 6.45) is 3.74. The SMILES string of the molecule is c1ccc(-c2cc(-c3cccnc3)cc(-c3nc(-c4ccc5c(c4)C4(c6ccccc6Oc6ccccc64)c4ccc6ccccc6c4-5)c4sc5ccccc5c4n3)c2)cc1. The first kappa shape index (κ1) is 34.2. The third kappa shape index (κ3) is 5.02. The van der Waals surface area contributed by atoms with Crippen LogP contribution in [0.3, 0.4) is 0 Å². The summed E-state index contributed by atoms with van der Waals surface area (Å²) in [6, 6.07) is 67.4. The molecule has 11 aromatic rings. The number of nitrogens with zero attached hydrogens (tertiary/aromatic N) is 3. The van der Waals surface area contributed by atoms with E-state index in [1.54, 1.807) is 11.3 Å². The zero-order valence-electron chi connectivity index (χ0n) is 32.7. The standard InChI is InChI=1S/C56H33N3OS/c1-2-13-34(14-3-1)38-29-39(37-16-12-28-57-33-37)31-40(30-38)55-58-52(54-53(59-55)43-18-6-11-23-50(43)61-54)36-24-26-42-47(32-36)56(46-27-25-35-15-4-5-17-41(35)51(42)46)44-19-7-9-21-48(44)60-49-22-10-8-20-45(49)56/h1-33H. The van der Waals surface area contributed by atoms with Gasteiger partial charge in [-0.2, -0.15) is 0 Å². The molecule has 284 valence electrons. The van der Waals surface area contributed by atoms with E-state index >= 15 is 0 Å². The second kappa shape index (κ2) is 13.1. The Kier molecular flexibility index (Phi) is 7.36. The predicted octanol–water partition coefficient (Wildman–Crippen LogP) is 14.5. The van der Waals surface area contributed by atoms with Crippen molar-refractivity contribution < 1.29 is 4.74 Å². The van der Waals surface area contributed by atoms with Crippen molar-refractivity contribution in [3.63, 3.8) is 0 Å². The van der Waals surface area contributed by atoms with E-state index in [0.717, 1.165) is 77.3 Å². The molecule has 13 rings (SSSR count). The molecule has 4 heterocycles. The van der Waals surface area contributed by atoms with Gasteiger partial charge in [-0.3, -0.25) is 4.98 Å². The molecule has 0 saturated heterocycles. The van der Waals surface area contributed by atoms with Crippen LogP contribution in [0.25, 0.3) is 87.1 Å². The first-order chi connectivity index (χ1) is 30.2. The summed E-state index contributed by atoms with van der Waals surface area (Å²) >= 11 is 1.76. The molecule has 0 bridgehead atoms. The van der Waals surface area contributed by atoms with Gasteiger partial charge in [0.1, 0.15) is 11.5 Å². The summed E-state index contributed by atoms with van der Waals surface area (Å²) < 4.78 is 8.97. The van der Waals surface area contributed by atoms with E-state index in [1.165, 1.54) is 37.7 Å². The minimum absolute atomic E-state index is 0.631. The van der Waals surface area contributed by atoms with Crippen molar-refractivity contribution in [3.8, 4) is 67.5 Å². The van der Waals surface area contributed by atoms with E-state index in [-0.39, 0.29) is 0 Å². The van der Waals surface area contributed by atoms with E-state index < -0.39 is 5.41 Å². The summed E-state index contributed by atoms with van der Waals surface area (Å²) in [5.74, 6) is 2.43. The Morgan fingerprint density at radius 3 is 1.95 bits per heavy atom. The zero-order valence-corrected chi connectivity index (χ0v) is 33.5. The molecule has 2 aliphatic rings. The lowest BCUT2D eigenvalue weighted by molar-refractivity contribution is 0.436. The normalized spacial score (nSPS) is 13.2. The Morgan fingerprint density at radius 1 is 0.459 bits per heavy atom. The summed E-state index contributed by atoms with van der Waals surface area (Å²) in [7, 11) is 0. The number of hydrogen-bond donors (Lipinski definition) is 0. The molecule has 0 N–H and O–H groups in total. The van der Waals surface area contributed by atoms with Crippen molar-refractivity contribution >= 4 is 42.4 Å². The van der Waals surface area contributed by atoms with Gasteiger partial charge in [-0.1, -0.05) is 140 Å². The molecule has 61 heavy (non-hydrogen) atoms. The monoisotopic (exact) mass is 795 g/mol. The number of thiophene rings is 1. The smallest absolute Gasteiger partial charge is 0.160 e. The van der Waals surface area contributed by atoms with Crippen molar-refractivity contribution in [1.82, 2.24) is 15.0 Å². The van der Waals surface area contributed by atoms with Crippen LogP contribution in [-0.4, -0.2) is 15.0 Å². The van der Waals surface area contributed by atoms with Crippen molar-refractivity contribution in [1.29, 1.82) is 0 Å². The fraction of sp³-hybridized carbons (Fsp3) is 0.0179. The highest BCUT2D eigenvalue weighted by Crippen LogP contribution is 2.63. The molecule has 1 spiro atoms. The Hall–Kier alpha value is -7.73. The molecule has 4 nitrogen and oxygen atoms in total. The van der Waals surface area contributed by atoms with Gasteiger partial charge in [0.2, 0.25) is 0 Å². The number of rotatable bonds is 4. The molecule has 0 unspecified atom stereocenters. The number of benzene rings is 8. The maximum atomic E-state index is 6.71. The van der Waals surface area contributed by atoms with Crippen LogP contribution < -0.4 is 4.74 Å². The average Bonchev–Trinajstić information content (AvgIpc) is 3.85. The van der Waals surface area contributed by atoms with Crippen LogP contribution >= 0.6 is 11.3 Å². The fourth-order valence-corrected chi connectivity index (χ4v) is 11.1. The minimum atomic E-state index is -0.631. The van der Waals surface area contributed by atoms with E-state index in [9.17, 15) is 0 Å². The lowest BCUT2D eigenvalue weighted by Crippen LogP contribution is -2.32. The topological polar surface area (TPSA) is 47.9 Å². The maximum absolute atomic E-state index is 6.71. The maximum Gasteiger partial charge on any atom is 0.160 e. The van der Waals surface area contributed by atoms with Crippen LogP contribution in [0.4, 0.5) is 0 Å². The van der Waals surface area contributed by atoms with Gasteiger partial charge in [0.05, 0.1) is 21.3 Å². The lowest BCUT2D eigenvalue weighted by atomic mass is 9.66. The molecule has 0 saturated carbocycles. The fourth-order valence-electron chi connectivity index (χ4n) is 9.98. The van der Waals surface area contributed by atoms with Crippen LogP contribution in [0.15, 0.2) is 200 Å². The molecular weight excluding hydrogens is 763 g/mol. The Bertz CT molecular complexity index is 3470. The highest BCUT2D eigenvalue weighted by molar-refractivity contribution is 7.26. The number of hydrogen-bond acceptors (Lipinski definition) is 5. The van der Waals surface area contributed by atoms with E-state index in [4.69, 9.17) is 14.7 Å².